The summed E-state index contributed by atoms with van der Waals surface area (Å²) in [5.41, 5.74) is -0.855. The average Bonchev–Trinajstić information content (AvgIpc) is 2.88. The topological polar surface area (TPSA) is 87.0 Å². The molecule has 0 spiro atoms. The summed E-state index contributed by atoms with van der Waals surface area (Å²) < 4.78 is 22.3. The van der Waals surface area contributed by atoms with E-state index in [9.17, 15) is 13.2 Å². The number of amides is 1. The fourth-order valence-electron chi connectivity index (χ4n) is 1.75. The van der Waals surface area contributed by atoms with Crippen LogP contribution < -0.4 is 5.32 Å². The molecular weight excluding hydrogens is 216 g/mol. The van der Waals surface area contributed by atoms with E-state index in [1.165, 1.54) is 0 Å². The summed E-state index contributed by atoms with van der Waals surface area (Å²) in [6.45, 7) is 0. The lowest BCUT2D eigenvalue weighted by atomic mass is 10.1. The van der Waals surface area contributed by atoms with Crippen molar-refractivity contribution in [2.75, 3.05) is 11.5 Å². The van der Waals surface area contributed by atoms with Crippen molar-refractivity contribution in [2.24, 2.45) is 5.41 Å². The van der Waals surface area contributed by atoms with Crippen LogP contribution in [0.4, 0.5) is 0 Å². The van der Waals surface area contributed by atoms with Crippen LogP contribution in [0.25, 0.3) is 0 Å². The molecule has 0 aromatic rings. The van der Waals surface area contributed by atoms with Gasteiger partial charge in [-0.05, 0) is 19.3 Å². The molecule has 1 N–H and O–H groups in total. The zero-order chi connectivity index (χ0) is 11.1. The third-order valence-corrected chi connectivity index (χ3v) is 4.73. The lowest BCUT2D eigenvalue weighted by Crippen LogP contribution is -2.40. The lowest BCUT2D eigenvalue weighted by Gasteiger charge is -2.12. The highest BCUT2D eigenvalue weighted by Gasteiger charge is 2.51. The number of hydrogen-bond acceptors (Lipinski definition) is 4. The Morgan fingerprint density at radius 1 is 1.47 bits per heavy atom. The van der Waals surface area contributed by atoms with Crippen LogP contribution in [-0.4, -0.2) is 31.9 Å². The van der Waals surface area contributed by atoms with Crippen LogP contribution in [-0.2, 0) is 14.6 Å². The Morgan fingerprint density at radius 2 is 2.13 bits per heavy atom. The van der Waals surface area contributed by atoms with Gasteiger partial charge in [0.25, 0.3) is 0 Å². The summed E-state index contributed by atoms with van der Waals surface area (Å²) in [7, 11) is -2.97. The molecule has 1 amide bonds. The summed E-state index contributed by atoms with van der Waals surface area (Å²) >= 11 is 0. The number of hydrogen-bond donors (Lipinski definition) is 1. The van der Waals surface area contributed by atoms with Gasteiger partial charge in [0.15, 0.2) is 9.84 Å². The first-order chi connectivity index (χ1) is 6.97. The molecule has 15 heavy (non-hydrogen) atoms. The molecule has 1 saturated heterocycles. The van der Waals surface area contributed by atoms with Crippen molar-refractivity contribution in [2.45, 2.75) is 25.3 Å². The quantitative estimate of drug-likeness (QED) is 0.696. The van der Waals surface area contributed by atoms with E-state index in [4.69, 9.17) is 5.26 Å². The first-order valence-electron chi connectivity index (χ1n) is 4.90. The molecule has 0 aromatic carbocycles. The van der Waals surface area contributed by atoms with E-state index in [2.05, 4.69) is 5.32 Å². The van der Waals surface area contributed by atoms with Gasteiger partial charge in [-0.25, -0.2) is 8.42 Å². The molecule has 2 rings (SSSR count). The van der Waals surface area contributed by atoms with Gasteiger partial charge in [-0.1, -0.05) is 0 Å². The molecular formula is C9H12N2O3S. The predicted molar refractivity (Wildman–Crippen MR) is 52.5 cm³/mol. The Balaban J connectivity index is 1.95. The Hall–Kier alpha value is -1.09. The van der Waals surface area contributed by atoms with Crippen LogP contribution >= 0.6 is 0 Å². The minimum atomic E-state index is -2.97. The minimum Gasteiger partial charge on any atom is -0.351 e. The van der Waals surface area contributed by atoms with Crippen molar-refractivity contribution in [3.05, 3.63) is 0 Å². The SMILES string of the molecule is N#CC1(C(=O)NC2CCS(=O)(=O)C2)CC1. The highest BCUT2D eigenvalue weighted by molar-refractivity contribution is 7.91. The molecule has 82 valence electrons. The molecule has 0 aromatic heterocycles. The summed E-state index contributed by atoms with van der Waals surface area (Å²) in [4.78, 5) is 11.6. The van der Waals surface area contributed by atoms with Gasteiger partial charge in [-0.15, -0.1) is 0 Å². The fraction of sp³-hybridized carbons (Fsp3) is 0.778. The third kappa shape index (κ3) is 1.97. The van der Waals surface area contributed by atoms with Crippen LogP contribution in [0.1, 0.15) is 19.3 Å². The molecule has 5 nitrogen and oxygen atoms in total. The van der Waals surface area contributed by atoms with Crippen molar-refractivity contribution < 1.29 is 13.2 Å². The lowest BCUT2D eigenvalue weighted by molar-refractivity contribution is -0.125. The van der Waals surface area contributed by atoms with Crippen LogP contribution in [0, 0.1) is 16.7 Å². The largest absolute Gasteiger partial charge is 0.351 e. The van der Waals surface area contributed by atoms with E-state index in [0.717, 1.165) is 0 Å². The number of carbonyl (C=O) groups excluding carboxylic acids is 1. The summed E-state index contributed by atoms with van der Waals surface area (Å²) in [6, 6.07) is 1.69. The molecule has 6 heteroatoms. The normalized spacial score (nSPS) is 30.5. The molecule has 1 heterocycles. The van der Waals surface area contributed by atoms with Crippen LogP contribution in [0.3, 0.4) is 0 Å². The number of sulfone groups is 1. The van der Waals surface area contributed by atoms with Crippen LogP contribution in [0.2, 0.25) is 0 Å². The van der Waals surface area contributed by atoms with Gasteiger partial charge in [0.1, 0.15) is 5.41 Å². The maximum atomic E-state index is 11.6. The smallest absolute Gasteiger partial charge is 0.240 e. The Bertz CT molecular complexity index is 431. The number of nitriles is 1. The molecule has 1 aliphatic heterocycles. The first kappa shape index (κ1) is 10.4. The third-order valence-electron chi connectivity index (χ3n) is 2.97. The van der Waals surface area contributed by atoms with Gasteiger partial charge >= 0.3 is 0 Å². The van der Waals surface area contributed by atoms with E-state index in [1.807, 2.05) is 6.07 Å². The van der Waals surface area contributed by atoms with Crippen LogP contribution in [0.5, 0.6) is 0 Å². The molecule has 2 fully saturated rings. The Labute approximate surface area is 88.4 Å². The number of nitrogens with one attached hydrogen (secondary N) is 1. The zero-order valence-corrected chi connectivity index (χ0v) is 9.01. The van der Waals surface area contributed by atoms with Gasteiger partial charge in [-0.3, -0.25) is 4.79 Å². The molecule has 1 unspecified atom stereocenters. The van der Waals surface area contributed by atoms with E-state index in [-0.39, 0.29) is 23.5 Å². The molecule has 1 aliphatic carbocycles. The number of rotatable bonds is 2. The minimum absolute atomic E-state index is 0.0141. The van der Waals surface area contributed by atoms with Crippen molar-refractivity contribution in [3.8, 4) is 6.07 Å². The van der Waals surface area contributed by atoms with Gasteiger partial charge in [0, 0.05) is 6.04 Å². The summed E-state index contributed by atoms with van der Waals surface area (Å²) in [6.07, 6.45) is 1.65. The Morgan fingerprint density at radius 3 is 2.53 bits per heavy atom. The maximum Gasteiger partial charge on any atom is 0.240 e. The second-order valence-electron chi connectivity index (χ2n) is 4.27. The second kappa shape index (κ2) is 3.20. The zero-order valence-electron chi connectivity index (χ0n) is 8.19. The van der Waals surface area contributed by atoms with Crippen molar-refractivity contribution in [1.29, 1.82) is 5.26 Å². The fourth-order valence-corrected chi connectivity index (χ4v) is 3.42. The van der Waals surface area contributed by atoms with E-state index < -0.39 is 15.3 Å². The maximum absolute atomic E-state index is 11.6. The number of carbonyl (C=O) groups is 1. The summed E-state index contributed by atoms with van der Waals surface area (Å²) in [5.74, 6) is -0.148. The van der Waals surface area contributed by atoms with Crippen molar-refractivity contribution in [1.82, 2.24) is 5.32 Å². The molecule has 1 atom stereocenters. The van der Waals surface area contributed by atoms with Gasteiger partial charge < -0.3 is 5.32 Å². The molecule has 0 bridgehead atoms. The average molecular weight is 228 g/mol. The van der Waals surface area contributed by atoms with Gasteiger partial charge in [0.05, 0.1) is 17.6 Å². The molecule has 2 aliphatic rings. The van der Waals surface area contributed by atoms with Crippen molar-refractivity contribution in [3.63, 3.8) is 0 Å². The second-order valence-corrected chi connectivity index (χ2v) is 6.50. The van der Waals surface area contributed by atoms with Crippen molar-refractivity contribution >= 4 is 15.7 Å². The van der Waals surface area contributed by atoms with E-state index in [1.54, 1.807) is 0 Å². The highest BCUT2D eigenvalue weighted by atomic mass is 32.2. The van der Waals surface area contributed by atoms with E-state index >= 15 is 0 Å². The van der Waals surface area contributed by atoms with Crippen LogP contribution in [0.15, 0.2) is 0 Å². The van der Waals surface area contributed by atoms with Gasteiger partial charge in [0.2, 0.25) is 5.91 Å². The Kier molecular flexibility index (Phi) is 2.23. The van der Waals surface area contributed by atoms with Gasteiger partial charge in [-0.2, -0.15) is 5.26 Å². The number of nitrogens with zero attached hydrogens (tertiary/aromatic N) is 1. The summed E-state index contributed by atoms with van der Waals surface area (Å²) in [5, 5.41) is 11.4. The standard InChI is InChI=1S/C9H12N2O3S/c10-6-9(2-3-9)8(12)11-7-1-4-15(13,14)5-7/h7H,1-5H2,(H,11,12). The highest BCUT2D eigenvalue weighted by Crippen LogP contribution is 2.45. The molecule has 0 radical (unpaired) electrons. The van der Waals surface area contributed by atoms with E-state index in [0.29, 0.717) is 19.3 Å². The molecule has 1 saturated carbocycles. The first-order valence-corrected chi connectivity index (χ1v) is 6.72. The monoisotopic (exact) mass is 228 g/mol. The predicted octanol–water partition coefficient (Wildman–Crippen LogP) is -0.407.